The highest BCUT2D eigenvalue weighted by Crippen LogP contribution is 2.42. The third kappa shape index (κ3) is 4.21. The number of anilines is 1. The van der Waals surface area contributed by atoms with Gasteiger partial charge in [0.05, 0.1) is 5.69 Å². The van der Waals surface area contributed by atoms with Crippen molar-refractivity contribution in [3.05, 3.63) is 42.5 Å². The maximum absolute atomic E-state index is 12.1. The topological polar surface area (TPSA) is 73.6 Å². The molecule has 0 saturated carbocycles. The highest BCUT2D eigenvalue weighted by Gasteiger charge is 2.18. The van der Waals surface area contributed by atoms with Gasteiger partial charge in [0.1, 0.15) is 13.2 Å². The summed E-state index contributed by atoms with van der Waals surface area (Å²) in [5.74, 6) is 1.32. The number of fused-ring (bicyclic) bond motifs is 1. The van der Waals surface area contributed by atoms with Crippen LogP contribution in [0.4, 0.5) is 5.69 Å². The zero-order valence-electron chi connectivity index (χ0n) is 13.3. The van der Waals surface area contributed by atoms with E-state index in [0.29, 0.717) is 44.1 Å². The standard InChI is InChI=1S/C18H20N2O3S/c19-8-4-7-18(21)20-14-11-15-16(23-10-9-22-15)12-17(14)24-13-5-2-1-3-6-13/h1-3,5-6,11-12H,4,7-10,19H2,(H,20,21). The van der Waals surface area contributed by atoms with Crippen LogP contribution in [0.15, 0.2) is 52.3 Å². The van der Waals surface area contributed by atoms with Crippen LogP contribution in [-0.2, 0) is 4.79 Å². The van der Waals surface area contributed by atoms with Gasteiger partial charge >= 0.3 is 0 Å². The van der Waals surface area contributed by atoms with Crippen LogP contribution >= 0.6 is 11.8 Å². The molecule has 0 radical (unpaired) electrons. The van der Waals surface area contributed by atoms with Crippen molar-refractivity contribution in [1.29, 1.82) is 0 Å². The van der Waals surface area contributed by atoms with Crippen LogP contribution in [-0.4, -0.2) is 25.7 Å². The SMILES string of the molecule is NCCCC(=O)Nc1cc2c(cc1Sc1ccccc1)OCCO2. The molecule has 0 aliphatic carbocycles. The maximum atomic E-state index is 12.1. The first-order chi connectivity index (χ1) is 11.8. The van der Waals surface area contributed by atoms with Gasteiger partial charge in [-0.05, 0) is 25.1 Å². The Morgan fingerprint density at radius 1 is 1.12 bits per heavy atom. The van der Waals surface area contributed by atoms with E-state index in [0.717, 1.165) is 15.5 Å². The lowest BCUT2D eigenvalue weighted by molar-refractivity contribution is -0.116. The lowest BCUT2D eigenvalue weighted by Gasteiger charge is -2.21. The lowest BCUT2D eigenvalue weighted by Crippen LogP contribution is -2.17. The summed E-state index contributed by atoms with van der Waals surface area (Å²) in [7, 11) is 0. The fourth-order valence-electron chi connectivity index (χ4n) is 2.34. The average Bonchev–Trinajstić information content (AvgIpc) is 2.61. The van der Waals surface area contributed by atoms with E-state index in [1.807, 2.05) is 42.5 Å². The van der Waals surface area contributed by atoms with E-state index in [9.17, 15) is 4.79 Å². The molecule has 1 aliphatic rings. The third-order valence-electron chi connectivity index (χ3n) is 3.50. The Labute approximate surface area is 145 Å². The molecule has 0 saturated heterocycles. The number of benzene rings is 2. The average molecular weight is 344 g/mol. The van der Waals surface area contributed by atoms with E-state index in [2.05, 4.69) is 5.32 Å². The van der Waals surface area contributed by atoms with Crippen molar-refractivity contribution in [1.82, 2.24) is 0 Å². The van der Waals surface area contributed by atoms with Crippen molar-refractivity contribution < 1.29 is 14.3 Å². The zero-order valence-corrected chi connectivity index (χ0v) is 14.1. The van der Waals surface area contributed by atoms with Crippen molar-refractivity contribution in [2.75, 3.05) is 25.1 Å². The molecule has 5 nitrogen and oxygen atoms in total. The van der Waals surface area contributed by atoms with Crippen LogP contribution in [0.3, 0.4) is 0 Å². The van der Waals surface area contributed by atoms with Gasteiger partial charge in [-0.25, -0.2) is 0 Å². The Hall–Kier alpha value is -2.18. The molecule has 6 heteroatoms. The molecule has 0 spiro atoms. The quantitative estimate of drug-likeness (QED) is 0.841. The molecule has 126 valence electrons. The number of carbonyl (C=O) groups is 1. The van der Waals surface area contributed by atoms with Gasteiger partial charge in [0.25, 0.3) is 0 Å². The van der Waals surface area contributed by atoms with Gasteiger partial charge in [0.2, 0.25) is 5.91 Å². The lowest BCUT2D eigenvalue weighted by atomic mass is 10.2. The molecule has 1 aliphatic heterocycles. The highest BCUT2D eigenvalue weighted by atomic mass is 32.2. The molecule has 3 rings (SSSR count). The Bertz CT molecular complexity index is 707. The van der Waals surface area contributed by atoms with Gasteiger partial charge in [-0.1, -0.05) is 30.0 Å². The number of carbonyl (C=O) groups excluding carboxylic acids is 1. The first kappa shape index (κ1) is 16.7. The van der Waals surface area contributed by atoms with Crippen LogP contribution in [0.5, 0.6) is 11.5 Å². The molecule has 0 aromatic heterocycles. The second-order valence-corrected chi connectivity index (χ2v) is 6.46. The van der Waals surface area contributed by atoms with E-state index in [1.54, 1.807) is 11.8 Å². The second-order valence-electron chi connectivity index (χ2n) is 5.35. The van der Waals surface area contributed by atoms with Crippen LogP contribution in [0.25, 0.3) is 0 Å². The van der Waals surface area contributed by atoms with E-state index in [1.165, 1.54) is 0 Å². The number of nitrogens with one attached hydrogen (secondary N) is 1. The summed E-state index contributed by atoms with van der Waals surface area (Å²) >= 11 is 1.58. The van der Waals surface area contributed by atoms with Crippen LogP contribution in [0.2, 0.25) is 0 Å². The normalized spacial score (nSPS) is 12.7. The van der Waals surface area contributed by atoms with Crippen molar-refractivity contribution in [3.8, 4) is 11.5 Å². The maximum Gasteiger partial charge on any atom is 0.224 e. The fourth-order valence-corrected chi connectivity index (χ4v) is 3.28. The van der Waals surface area contributed by atoms with Gasteiger partial charge in [-0.15, -0.1) is 0 Å². The zero-order chi connectivity index (χ0) is 16.8. The van der Waals surface area contributed by atoms with Crippen molar-refractivity contribution in [2.24, 2.45) is 5.73 Å². The molecule has 1 heterocycles. The Morgan fingerprint density at radius 2 is 1.83 bits per heavy atom. The van der Waals surface area contributed by atoms with E-state index >= 15 is 0 Å². The Kier molecular flexibility index (Phi) is 5.61. The third-order valence-corrected chi connectivity index (χ3v) is 4.56. The molecular formula is C18H20N2O3S. The largest absolute Gasteiger partial charge is 0.486 e. The van der Waals surface area contributed by atoms with E-state index in [4.69, 9.17) is 15.2 Å². The molecule has 0 bridgehead atoms. The van der Waals surface area contributed by atoms with Gasteiger partial charge < -0.3 is 20.5 Å². The van der Waals surface area contributed by atoms with E-state index in [-0.39, 0.29) is 5.91 Å². The van der Waals surface area contributed by atoms with Crippen LogP contribution < -0.4 is 20.5 Å². The molecule has 1 amide bonds. The first-order valence-corrected chi connectivity index (χ1v) is 8.74. The summed E-state index contributed by atoms with van der Waals surface area (Å²) in [4.78, 5) is 14.1. The molecule has 2 aromatic rings. The minimum atomic E-state index is -0.0490. The smallest absolute Gasteiger partial charge is 0.224 e. The number of hydrogen-bond acceptors (Lipinski definition) is 5. The number of ether oxygens (including phenoxy) is 2. The minimum absolute atomic E-state index is 0.0490. The van der Waals surface area contributed by atoms with Gasteiger partial charge in [0.15, 0.2) is 11.5 Å². The molecule has 0 fully saturated rings. The molecule has 3 N–H and O–H groups in total. The monoisotopic (exact) mass is 344 g/mol. The predicted octanol–water partition coefficient (Wildman–Crippen LogP) is 3.29. The fraction of sp³-hybridized carbons (Fsp3) is 0.278. The number of hydrogen-bond donors (Lipinski definition) is 2. The second kappa shape index (κ2) is 8.08. The van der Waals surface area contributed by atoms with E-state index < -0.39 is 0 Å². The molecule has 0 atom stereocenters. The molecule has 24 heavy (non-hydrogen) atoms. The minimum Gasteiger partial charge on any atom is -0.486 e. The van der Waals surface area contributed by atoms with Crippen LogP contribution in [0.1, 0.15) is 12.8 Å². The summed E-state index contributed by atoms with van der Waals surface area (Å²) < 4.78 is 11.3. The first-order valence-electron chi connectivity index (χ1n) is 7.93. The van der Waals surface area contributed by atoms with Crippen molar-refractivity contribution in [3.63, 3.8) is 0 Å². The Balaban J connectivity index is 1.87. The highest BCUT2D eigenvalue weighted by molar-refractivity contribution is 7.99. The van der Waals surface area contributed by atoms with Crippen molar-refractivity contribution in [2.45, 2.75) is 22.6 Å². The van der Waals surface area contributed by atoms with Crippen molar-refractivity contribution >= 4 is 23.4 Å². The van der Waals surface area contributed by atoms with Gasteiger partial charge in [0, 0.05) is 28.3 Å². The molecular weight excluding hydrogens is 324 g/mol. The Morgan fingerprint density at radius 3 is 2.54 bits per heavy atom. The summed E-state index contributed by atoms with van der Waals surface area (Å²) in [6.45, 7) is 1.55. The summed E-state index contributed by atoms with van der Waals surface area (Å²) in [5, 5.41) is 2.96. The molecule has 0 unspecified atom stereocenters. The molecule has 2 aromatic carbocycles. The number of nitrogens with two attached hydrogens (primary N) is 1. The summed E-state index contributed by atoms with van der Waals surface area (Å²) in [5.41, 5.74) is 6.20. The van der Waals surface area contributed by atoms with Crippen LogP contribution in [0, 0.1) is 0 Å². The number of rotatable bonds is 6. The summed E-state index contributed by atoms with van der Waals surface area (Å²) in [6, 6.07) is 13.8. The van der Waals surface area contributed by atoms with Gasteiger partial charge in [-0.3, -0.25) is 4.79 Å². The summed E-state index contributed by atoms with van der Waals surface area (Å²) in [6.07, 6.45) is 1.07. The predicted molar refractivity (Wildman–Crippen MR) is 94.9 cm³/mol. The van der Waals surface area contributed by atoms with Gasteiger partial charge in [-0.2, -0.15) is 0 Å². The number of amides is 1.